The fraction of sp³-hybridized carbons (Fsp3) is 0.846. The maximum Gasteiger partial charge on any atom is 0.320 e. The van der Waals surface area contributed by atoms with Crippen LogP contribution in [0, 0.1) is 5.41 Å². The van der Waals surface area contributed by atoms with Crippen LogP contribution in [-0.4, -0.2) is 52.6 Å². The highest BCUT2D eigenvalue weighted by atomic mass is 16.4. The Bertz CT molecular complexity index is 354. The molecule has 0 aromatic heterocycles. The molecular weight excluding hydrogens is 232 g/mol. The Morgan fingerprint density at radius 2 is 2.17 bits per heavy atom. The van der Waals surface area contributed by atoms with Crippen molar-refractivity contribution in [1.82, 2.24) is 9.80 Å². The SMILES string of the molecule is CC(C)(CCN1C[C@@H]2CCCCN2C1=O)C(=O)O. The summed E-state index contributed by atoms with van der Waals surface area (Å²) in [6, 6.07) is 0.458. The van der Waals surface area contributed by atoms with Crippen LogP contribution in [-0.2, 0) is 4.79 Å². The molecule has 2 saturated heterocycles. The van der Waals surface area contributed by atoms with E-state index < -0.39 is 11.4 Å². The Morgan fingerprint density at radius 1 is 1.44 bits per heavy atom. The molecule has 2 aliphatic heterocycles. The number of carbonyl (C=O) groups excluding carboxylic acids is 1. The third-order valence-corrected chi connectivity index (χ3v) is 4.16. The Labute approximate surface area is 108 Å². The minimum atomic E-state index is -0.799. The fourth-order valence-corrected chi connectivity index (χ4v) is 2.66. The molecule has 2 aliphatic rings. The molecule has 0 aromatic rings. The molecule has 5 nitrogen and oxygen atoms in total. The van der Waals surface area contributed by atoms with Gasteiger partial charge in [-0.25, -0.2) is 4.79 Å². The second kappa shape index (κ2) is 4.78. The number of carboxylic acid groups (broad SMARTS) is 1. The standard InChI is InChI=1S/C13H22N2O3/c1-13(2,11(16)17)6-8-14-9-10-5-3-4-7-15(10)12(14)18/h10H,3-9H2,1-2H3,(H,16,17)/t10-/m0/s1. The van der Waals surface area contributed by atoms with Gasteiger partial charge in [0.25, 0.3) is 0 Å². The van der Waals surface area contributed by atoms with Crippen molar-refractivity contribution in [1.29, 1.82) is 0 Å². The van der Waals surface area contributed by atoms with E-state index in [1.807, 2.05) is 9.80 Å². The van der Waals surface area contributed by atoms with Crippen molar-refractivity contribution >= 4 is 12.0 Å². The van der Waals surface area contributed by atoms with Crippen LogP contribution in [0.25, 0.3) is 0 Å². The number of hydrogen-bond donors (Lipinski definition) is 1. The lowest BCUT2D eigenvalue weighted by molar-refractivity contribution is -0.147. The van der Waals surface area contributed by atoms with E-state index in [0.29, 0.717) is 19.0 Å². The summed E-state index contributed by atoms with van der Waals surface area (Å²) in [5.74, 6) is -0.799. The molecule has 1 atom stereocenters. The number of amides is 2. The lowest BCUT2D eigenvalue weighted by Gasteiger charge is -2.27. The molecule has 0 unspecified atom stereocenters. The molecule has 2 fully saturated rings. The molecule has 1 N–H and O–H groups in total. The van der Waals surface area contributed by atoms with Gasteiger partial charge in [0.05, 0.1) is 11.5 Å². The molecule has 0 spiro atoms. The summed E-state index contributed by atoms with van der Waals surface area (Å²) in [7, 11) is 0. The number of carbonyl (C=O) groups is 2. The summed E-state index contributed by atoms with van der Waals surface area (Å²) >= 11 is 0. The zero-order chi connectivity index (χ0) is 13.3. The molecule has 2 amide bonds. The molecular formula is C13H22N2O3. The molecule has 0 aromatic carbocycles. The number of piperidine rings is 1. The molecule has 0 aliphatic carbocycles. The van der Waals surface area contributed by atoms with Crippen molar-refractivity contribution in [3.05, 3.63) is 0 Å². The minimum absolute atomic E-state index is 0.0980. The van der Waals surface area contributed by atoms with Gasteiger partial charge in [0.2, 0.25) is 0 Å². The first-order valence-electron chi connectivity index (χ1n) is 6.71. The van der Waals surface area contributed by atoms with Crippen LogP contribution in [0.3, 0.4) is 0 Å². The second-order valence-electron chi connectivity index (χ2n) is 6.01. The molecule has 102 valence electrons. The Balaban J connectivity index is 1.91. The maximum absolute atomic E-state index is 12.1. The van der Waals surface area contributed by atoms with E-state index in [-0.39, 0.29) is 6.03 Å². The van der Waals surface area contributed by atoms with Crippen molar-refractivity contribution in [3.8, 4) is 0 Å². The Kier molecular flexibility index (Phi) is 3.50. The van der Waals surface area contributed by atoms with E-state index in [2.05, 4.69) is 0 Å². The quantitative estimate of drug-likeness (QED) is 0.831. The van der Waals surface area contributed by atoms with Gasteiger partial charge in [0, 0.05) is 19.6 Å². The molecule has 2 rings (SSSR count). The lowest BCUT2D eigenvalue weighted by Crippen LogP contribution is -2.39. The van der Waals surface area contributed by atoms with Crippen molar-refractivity contribution in [2.75, 3.05) is 19.6 Å². The van der Waals surface area contributed by atoms with E-state index in [1.165, 1.54) is 6.42 Å². The van der Waals surface area contributed by atoms with Crippen molar-refractivity contribution < 1.29 is 14.7 Å². The number of carboxylic acids is 1. The van der Waals surface area contributed by atoms with E-state index >= 15 is 0 Å². The average molecular weight is 254 g/mol. The molecule has 2 heterocycles. The number of urea groups is 1. The zero-order valence-corrected chi connectivity index (χ0v) is 11.2. The van der Waals surface area contributed by atoms with Gasteiger partial charge in [0.1, 0.15) is 0 Å². The van der Waals surface area contributed by atoms with Crippen molar-refractivity contribution in [3.63, 3.8) is 0 Å². The Morgan fingerprint density at radius 3 is 2.78 bits per heavy atom. The number of aliphatic carboxylic acids is 1. The summed E-state index contributed by atoms with van der Waals surface area (Å²) in [6.45, 7) is 5.61. The van der Waals surface area contributed by atoms with Crippen LogP contribution in [0.1, 0.15) is 39.5 Å². The number of rotatable bonds is 4. The van der Waals surface area contributed by atoms with Crippen LogP contribution >= 0.6 is 0 Å². The molecule has 5 heteroatoms. The van der Waals surface area contributed by atoms with Crippen LogP contribution < -0.4 is 0 Å². The maximum atomic E-state index is 12.1. The predicted molar refractivity (Wildman–Crippen MR) is 67.3 cm³/mol. The highest BCUT2D eigenvalue weighted by molar-refractivity contribution is 5.77. The van der Waals surface area contributed by atoms with Gasteiger partial charge in [-0.1, -0.05) is 0 Å². The molecule has 0 bridgehead atoms. The first kappa shape index (κ1) is 13.2. The number of hydrogen-bond acceptors (Lipinski definition) is 2. The number of nitrogens with zero attached hydrogens (tertiary/aromatic N) is 2. The minimum Gasteiger partial charge on any atom is -0.481 e. The lowest BCUT2D eigenvalue weighted by atomic mass is 9.89. The topological polar surface area (TPSA) is 60.9 Å². The highest BCUT2D eigenvalue weighted by Gasteiger charge is 2.39. The summed E-state index contributed by atoms with van der Waals surface area (Å²) < 4.78 is 0. The first-order valence-corrected chi connectivity index (χ1v) is 6.71. The molecule has 0 saturated carbocycles. The monoisotopic (exact) mass is 254 g/mol. The van der Waals surface area contributed by atoms with E-state index in [9.17, 15) is 9.59 Å². The van der Waals surface area contributed by atoms with Crippen LogP contribution in [0.2, 0.25) is 0 Å². The third-order valence-electron chi connectivity index (χ3n) is 4.16. The van der Waals surface area contributed by atoms with Crippen LogP contribution in [0.5, 0.6) is 0 Å². The fourth-order valence-electron chi connectivity index (χ4n) is 2.66. The van der Waals surface area contributed by atoms with Crippen molar-refractivity contribution in [2.45, 2.75) is 45.6 Å². The van der Waals surface area contributed by atoms with Gasteiger partial charge in [-0.2, -0.15) is 0 Å². The van der Waals surface area contributed by atoms with E-state index in [4.69, 9.17) is 5.11 Å². The molecule has 18 heavy (non-hydrogen) atoms. The van der Waals surface area contributed by atoms with Gasteiger partial charge in [-0.05, 0) is 39.5 Å². The highest BCUT2D eigenvalue weighted by Crippen LogP contribution is 2.27. The average Bonchev–Trinajstić information content (AvgIpc) is 2.64. The van der Waals surface area contributed by atoms with Gasteiger partial charge in [-0.3, -0.25) is 4.79 Å². The normalized spacial score (nSPS) is 24.3. The van der Waals surface area contributed by atoms with E-state index in [0.717, 1.165) is 25.9 Å². The first-order chi connectivity index (χ1) is 8.42. The van der Waals surface area contributed by atoms with Crippen LogP contribution in [0.15, 0.2) is 0 Å². The van der Waals surface area contributed by atoms with E-state index in [1.54, 1.807) is 13.8 Å². The smallest absolute Gasteiger partial charge is 0.320 e. The van der Waals surface area contributed by atoms with Gasteiger partial charge in [0.15, 0.2) is 0 Å². The summed E-state index contributed by atoms with van der Waals surface area (Å²) in [5, 5.41) is 9.07. The van der Waals surface area contributed by atoms with Gasteiger partial charge < -0.3 is 14.9 Å². The Hall–Kier alpha value is -1.26. The summed E-state index contributed by atoms with van der Waals surface area (Å²) in [6.07, 6.45) is 3.89. The predicted octanol–water partition coefficient (Wildman–Crippen LogP) is 1.78. The zero-order valence-electron chi connectivity index (χ0n) is 11.2. The molecule has 0 radical (unpaired) electrons. The largest absolute Gasteiger partial charge is 0.481 e. The van der Waals surface area contributed by atoms with Crippen LogP contribution in [0.4, 0.5) is 4.79 Å². The van der Waals surface area contributed by atoms with Gasteiger partial charge in [-0.15, -0.1) is 0 Å². The second-order valence-corrected chi connectivity index (χ2v) is 6.01. The van der Waals surface area contributed by atoms with Gasteiger partial charge >= 0.3 is 12.0 Å². The summed E-state index contributed by atoms with van der Waals surface area (Å²) in [5.41, 5.74) is -0.761. The number of fused-ring (bicyclic) bond motifs is 1. The summed E-state index contributed by atoms with van der Waals surface area (Å²) in [4.78, 5) is 27.0. The van der Waals surface area contributed by atoms with Crippen molar-refractivity contribution in [2.24, 2.45) is 5.41 Å². The third kappa shape index (κ3) is 2.44.